The lowest BCUT2D eigenvalue weighted by Crippen LogP contribution is -2.55. The number of rotatable bonds is 8. The van der Waals surface area contributed by atoms with Crippen LogP contribution in [-0.2, 0) is 22.4 Å². The number of amides is 1. The molecule has 3 atom stereocenters. The van der Waals surface area contributed by atoms with Crippen LogP contribution in [0.15, 0.2) is 36.9 Å². The number of ether oxygens (including phenoxy) is 2. The van der Waals surface area contributed by atoms with Crippen LogP contribution >= 0.6 is 0 Å². The van der Waals surface area contributed by atoms with E-state index < -0.39 is 0 Å². The number of aromatic nitrogens is 2. The van der Waals surface area contributed by atoms with E-state index in [1.165, 1.54) is 22.9 Å². The van der Waals surface area contributed by atoms with E-state index in [0.717, 1.165) is 70.2 Å². The van der Waals surface area contributed by atoms with Crippen molar-refractivity contribution in [2.75, 3.05) is 75.4 Å². The number of anilines is 2. The minimum Gasteiger partial charge on any atom is -0.462 e. The van der Waals surface area contributed by atoms with Crippen molar-refractivity contribution in [2.45, 2.75) is 50.6 Å². The predicted octanol–water partition coefficient (Wildman–Crippen LogP) is 2.79. The number of carbonyl (C=O) groups excluding carboxylic acids is 1. The molecule has 3 aliphatic heterocycles. The molecule has 0 N–H and O–H groups in total. The van der Waals surface area contributed by atoms with Crippen molar-refractivity contribution in [2.24, 2.45) is 0 Å². The van der Waals surface area contributed by atoms with Crippen molar-refractivity contribution in [1.82, 2.24) is 19.8 Å². The molecule has 2 saturated heterocycles. The molecule has 4 heterocycles. The summed E-state index contributed by atoms with van der Waals surface area (Å²) in [6.07, 6.45) is 4.34. The van der Waals surface area contributed by atoms with Gasteiger partial charge in [0, 0.05) is 75.4 Å². The lowest BCUT2D eigenvalue weighted by atomic mass is 9.90. The number of carbonyl (C=O) groups is 1. The van der Waals surface area contributed by atoms with Crippen molar-refractivity contribution in [3.8, 4) is 12.1 Å². The zero-order valence-electron chi connectivity index (χ0n) is 24.6. The third kappa shape index (κ3) is 5.81. The minimum absolute atomic E-state index is 0.130. The first-order valence-corrected chi connectivity index (χ1v) is 15.3. The van der Waals surface area contributed by atoms with Crippen LogP contribution in [0.2, 0.25) is 0 Å². The Hall–Kier alpha value is -3.68. The lowest BCUT2D eigenvalue weighted by molar-refractivity contribution is -0.128. The number of morpholine rings is 1. The summed E-state index contributed by atoms with van der Waals surface area (Å²) in [5, 5.41) is 9.52. The van der Waals surface area contributed by atoms with Crippen LogP contribution in [0.3, 0.4) is 0 Å². The number of fused-ring (bicyclic) bond motifs is 2. The molecule has 1 aliphatic carbocycles. The fourth-order valence-electron chi connectivity index (χ4n) is 6.98. The Morgan fingerprint density at radius 2 is 2.02 bits per heavy atom. The van der Waals surface area contributed by atoms with Gasteiger partial charge in [-0.15, -0.1) is 0 Å². The molecule has 1 amide bonds. The molecule has 0 spiro atoms. The van der Waals surface area contributed by atoms with Gasteiger partial charge in [0.2, 0.25) is 5.91 Å². The maximum Gasteiger partial charge on any atom is 0.318 e. The number of para-hydroxylation sites is 1. The summed E-state index contributed by atoms with van der Waals surface area (Å²) in [7, 11) is 0. The van der Waals surface area contributed by atoms with Gasteiger partial charge in [-0.05, 0) is 30.5 Å². The van der Waals surface area contributed by atoms with Crippen LogP contribution in [0, 0.1) is 11.3 Å². The standard InChI is InChI=1S/C32H41N7O3/c1-3-30(40)38-13-12-37(22-25(38)10-11-33)31-27-9-8-24(39-21-23(2)26-6-4-5-7-29(26)39)20-28(27)34-32(35-31)42-19-16-36-14-17-41-18-15-36/h3-7,23-25H,1,8-10,12-22H2,2H3. The lowest BCUT2D eigenvalue weighted by Gasteiger charge is -2.42. The molecule has 1 aromatic heterocycles. The Balaban J connectivity index is 1.26. The van der Waals surface area contributed by atoms with E-state index in [-0.39, 0.29) is 18.4 Å². The number of benzene rings is 1. The van der Waals surface area contributed by atoms with E-state index in [4.69, 9.17) is 19.4 Å². The van der Waals surface area contributed by atoms with Crippen molar-refractivity contribution >= 4 is 17.4 Å². The Morgan fingerprint density at radius 1 is 1.19 bits per heavy atom. The Bertz CT molecular complexity index is 1340. The quantitative estimate of drug-likeness (QED) is 0.443. The Kier molecular flexibility index (Phi) is 8.58. The van der Waals surface area contributed by atoms with Gasteiger partial charge >= 0.3 is 6.01 Å². The highest BCUT2D eigenvalue weighted by molar-refractivity contribution is 5.87. The second kappa shape index (κ2) is 12.7. The molecule has 2 aromatic rings. The minimum atomic E-state index is -0.218. The van der Waals surface area contributed by atoms with Gasteiger partial charge in [0.1, 0.15) is 12.4 Å². The molecule has 4 aliphatic rings. The molecule has 6 rings (SSSR count). The summed E-state index contributed by atoms with van der Waals surface area (Å²) in [4.78, 5) is 31.4. The van der Waals surface area contributed by atoms with Gasteiger partial charge in [0.25, 0.3) is 0 Å². The summed E-state index contributed by atoms with van der Waals surface area (Å²) in [5.41, 5.74) is 4.99. The fraction of sp³-hybridized carbons (Fsp3) is 0.562. The van der Waals surface area contributed by atoms with E-state index in [2.05, 4.69) is 58.5 Å². The van der Waals surface area contributed by atoms with E-state index in [1.807, 2.05) is 0 Å². The maximum atomic E-state index is 12.5. The molecular formula is C32H41N7O3. The Labute approximate surface area is 248 Å². The third-order valence-electron chi connectivity index (χ3n) is 9.20. The molecular weight excluding hydrogens is 530 g/mol. The summed E-state index contributed by atoms with van der Waals surface area (Å²) in [6.45, 7) is 13.3. The first kappa shape index (κ1) is 28.4. The van der Waals surface area contributed by atoms with Crippen LogP contribution in [-0.4, -0.2) is 103 Å². The van der Waals surface area contributed by atoms with Gasteiger partial charge < -0.3 is 24.2 Å². The topological polar surface area (TPSA) is 98.1 Å². The van der Waals surface area contributed by atoms with Crippen LogP contribution in [0.5, 0.6) is 6.01 Å². The molecule has 0 saturated carbocycles. The van der Waals surface area contributed by atoms with Gasteiger partial charge in [-0.25, -0.2) is 0 Å². The average molecular weight is 572 g/mol. The van der Waals surface area contributed by atoms with Crippen LogP contribution in [0.25, 0.3) is 0 Å². The van der Waals surface area contributed by atoms with Gasteiger partial charge in [-0.2, -0.15) is 15.2 Å². The highest BCUT2D eigenvalue weighted by atomic mass is 16.5. The molecule has 0 bridgehead atoms. The second-order valence-electron chi connectivity index (χ2n) is 11.8. The molecule has 2 fully saturated rings. The monoisotopic (exact) mass is 571 g/mol. The largest absolute Gasteiger partial charge is 0.462 e. The average Bonchev–Trinajstić information content (AvgIpc) is 3.37. The third-order valence-corrected chi connectivity index (χ3v) is 9.20. The maximum absolute atomic E-state index is 12.5. The van der Waals surface area contributed by atoms with Crippen LogP contribution in [0.1, 0.15) is 42.5 Å². The van der Waals surface area contributed by atoms with Crippen LogP contribution < -0.4 is 14.5 Å². The SMILES string of the molecule is C=CC(=O)N1CCN(c2nc(OCCN3CCOCC3)nc3c2CCC(N2CC(C)c4ccccc42)C3)CC1CC#N. The summed E-state index contributed by atoms with van der Waals surface area (Å²) < 4.78 is 11.7. The van der Waals surface area contributed by atoms with E-state index in [1.54, 1.807) is 4.90 Å². The molecule has 10 heteroatoms. The fourth-order valence-corrected chi connectivity index (χ4v) is 6.98. The van der Waals surface area contributed by atoms with Gasteiger partial charge in [-0.3, -0.25) is 9.69 Å². The zero-order chi connectivity index (χ0) is 29.1. The predicted molar refractivity (Wildman–Crippen MR) is 161 cm³/mol. The first-order valence-electron chi connectivity index (χ1n) is 15.3. The second-order valence-corrected chi connectivity index (χ2v) is 11.8. The van der Waals surface area contributed by atoms with E-state index >= 15 is 0 Å². The zero-order valence-corrected chi connectivity index (χ0v) is 24.6. The smallest absolute Gasteiger partial charge is 0.318 e. The summed E-state index contributed by atoms with van der Waals surface area (Å²) in [5.74, 6) is 1.27. The number of nitriles is 1. The number of hydrogen-bond acceptors (Lipinski definition) is 9. The summed E-state index contributed by atoms with van der Waals surface area (Å²) >= 11 is 0. The number of hydrogen-bond donors (Lipinski definition) is 0. The van der Waals surface area contributed by atoms with Gasteiger partial charge in [0.05, 0.1) is 37.4 Å². The van der Waals surface area contributed by atoms with Crippen molar-refractivity contribution in [1.29, 1.82) is 5.26 Å². The highest BCUT2D eigenvalue weighted by Gasteiger charge is 2.36. The molecule has 222 valence electrons. The van der Waals surface area contributed by atoms with Crippen molar-refractivity contribution < 1.29 is 14.3 Å². The summed E-state index contributed by atoms with van der Waals surface area (Å²) in [6, 6.07) is 11.6. The molecule has 42 heavy (non-hydrogen) atoms. The highest BCUT2D eigenvalue weighted by Crippen LogP contribution is 2.41. The van der Waals surface area contributed by atoms with Gasteiger partial charge in [0.15, 0.2) is 0 Å². The number of nitrogens with zero attached hydrogens (tertiary/aromatic N) is 7. The number of piperazine rings is 1. The molecule has 1 aromatic carbocycles. The Morgan fingerprint density at radius 3 is 2.83 bits per heavy atom. The van der Waals surface area contributed by atoms with Crippen molar-refractivity contribution in [3.05, 3.63) is 53.7 Å². The molecule has 10 nitrogen and oxygen atoms in total. The van der Waals surface area contributed by atoms with E-state index in [0.29, 0.717) is 44.2 Å². The van der Waals surface area contributed by atoms with Gasteiger partial charge in [-0.1, -0.05) is 31.7 Å². The van der Waals surface area contributed by atoms with Crippen LogP contribution in [0.4, 0.5) is 11.5 Å². The van der Waals surface area contributed by atoms with Crippen molar-refractivity contribution in [3.63, 3.8) is 0 Å². The van der Waals surface area contributed by atoms with E-state index in [9.17, 15) is 10.1 Å². The normalized spacial score (nSPS) is 24.1. The molecule has 3 unspecified atom stereocenters. The molecule has 0 radical (unpaired) electrons. The first-order chi connectivity index (χ1) is 20.6.